The Morgan fingerprint density at radius 1 is 0.947 bits per heavy atom. The van der Waals surface area contributed by atoms with Gasteiger partial charge < -0.3 is 10.2 Å². The van der Waals surface area contributed by atoms with Crippen LogP contribution >= 0.6 is 15.9 Å². The van der Waals surface area contributed by atoms with Crippen molar-refractivity contribution in [3.63, 3.8) is 0 Å². The van der Waals surface area contributed by atoms with Gasteiger partial charge in [-0.2, -0.15) is 0 Å². The van der Waals surface area contributed by atoms with Crippen molar-refractivity contribution in [2.45, 2.75) is 57.6 Å². The summed E-state index contributed by atoms with van der Waals surface area (Å²) in [6, 6.07) is 21.6. The number of amides is 2. The molecule has 7 nitrogen and oxygen atoms in total. The summed E-state index contributed by atoms with van der Waals surface area (Å²) in [5.41, 5.74) is 1.69. The van der Waals surface area contributed by atoms with Gasteiger partial charge in [-0.05, 0) is 70.5 Å². The molecule has 0 bridgehead atoms. The first-order chi connectivity index (χ1) is 17.8. The Morgan fingerprint density at radius 3 is 2.21 bits per heavy atom. The van der Waals surface area contributed by atoms with E-state index in [1.54, 1.807) is 49.4 Å². The minimum absolute atomic E-state index is 0.0662. The number of halogens is 1. The molecule has 1 unspecified atom stereocenters. The van der Waals surface area contributed by atoms with Crippen LogP contribution in [-0.4, -0.2) is 43.3 Å². The van der Waals surface area contributed by atoms with E-state index in [0.717, 1.165) is 15.4 Å². The molecular formula is C29H34BrN3O4S. The van der Waals surface area contributed by atoms with Gasteiger partial charge in [-0.1, -0.05) is 70.0 Å². The lowest BCUT2D eigenvalue weighted by Gasteiger charge is -2.33. The van der Waals surface area contributed by atoms with Gasteiger partial charge in [0.25, 0.3) is 10.0 Å². The first-order valence-corrected chi connectivity index (χ1v) is 14.5. The fourth-order valence-corrected chi connectivity index (χ4v) is 5.76. The fourth-order valence-electron chi connectivity index (χ4n) is 3.94. The maximum atomic E-state index is 13.9. The van der Waals surface area contributed by atoms with Gasteiger partial charge in [-0.3, -0.25) is 13.9 Å². The number of anilines is 1. The minimum Gasteiger partial charge on any atom is -0.350 e. The quantitative estimate of drug-likeness (QED) is 0.362. The third kappa shape index (κ3) is 7.68. The van der Waals surface area contributed by atoms with E-state index in [0.29, 0.717) is 10.2 Å². The zero-order valence-corrected chi connectivity index (χ0v) is 24.7. The van der Waals surface area contributed by atoms with E-state index in [1.807, 2.05) is 52.0 Å². The Labute approximate surface area is 234 Å². The number of nitrogens with zero attached hydrogens (tertiary/aromatic N) is 2. The van der Waals surface area contributed by atoms with Gasteiger partial charge in [0.2, 0.25) is 11.8 Å². The normalized spacial score (nSPS) is 12.5. The van der Waals surface area contributed by atoms with Gasteiger partial charge in [0.1, 0.15) is 12.6 Å². The van der Waals surface area contributed by atoms with E-state index in [1.165, 1.54) is 17.0 Å². The van der Waals surface area contributed by atoms with Crippen molar-refractivity contribution in [1.82, 2.24) is 10.2 Å². The minimum atomic E-state index is -4.09. The summed E-state index contributed by atoms with van der Waals surface area (Å²) >= 11 is 3.40. The molecule has 0 heterocycles. The largest absolute Gasteiger partial charge is 0.350 e. The highest BCUT2D eigenvalue weighted by atomic mass is 79.9. The van der Waals surface area contributed by atoms with Crippen LogP contribution < -0.4 is 9.62 Å². The molecule has 2 amide bonds. The maximum absolute atomic E-state index is 13.9. The second-order valence-corrected chi connectivity index (χ2v) is 13.0. The van der Waals surface area contributed by atoms with E-state index >= 15 is 0 Å². The summed E-state index contributed by atoms with van der Waals surface area (Å²) in [4.78, 5) is 28.6. The Morgan fingerprint density at radius 2 is 1.61 bits per heavy atom. The van der Waals surface area contributed by atoms with Crippen LogP contribution in [0.1, 0.15) is 38.8 Å². The summed E-state index contributed by atoms with van der Waals surface area (Å²) in [7, 11) is -4.09. The van der Waals surface area contributed by atoms with Crippen LogP contribution in [0.2, 0.25) is 0 Å². The van der Waals surface area contributed by atoms with E-state index in [-0.39, 0.29) is 17.3 Å². The fraction of sp³-hybridized carbons (Fsp3) is 0.310. The first-order valence-electron chi connectivity index (χ1n) is 12.3. The smallest absolute Gasteiger partial charge is 0.264 e. The van der Waals surface area contributed by atoms with E-state index in [4.69, 9.17) is 0 Å². The van der Waals surface area contributed by atoms with Crippen LogP contribution in [0.25, 0.3) is 0 Å². The molecule has 0 aliphatic carbocycles. The molecule has 3 aromatic carbocycles. The van der Waals surface area contributed by atoms with Gasteiger partial charge in [-0.25, -0.2) is 8.42 Å². The molecule has 0 saturated heterocycles. The molecule has 0 spiro atoms. The maximum Gasteiger partial charge on any atom is 0.264 e. The third-order valence-electron chi connectivity index (χ3n) is 5.81. The Balaban J connectivity index is 2.03. The summed E-state index contributed by atoms with van der Waals surface area (Å²) in [5.74, 6) is -0.819. The summed E-state index contributed by atoms with van der Waals surface area (Å²) in [5, 5.41) is 2.93. The van der Waals surface area contributed by atoms with Crippen molar-refractivity contribution in [3.05, 3.63) is 94.5 Å². The summed E-state index contributed by atoms with van der Waals surface area (Å²) in [6.07, 6.45) is 0. The zero-order chi connectivity index (χ0) is 28.1. The van der Waals surface area contributed by atoms with E-state index in [9.17, 15) is 18.0 Å². The zero-order valence-electron chi connectivity index (χ0n) is 22.3. The molecule has 0 saturated carbocycles. The third-order valence-corrected chi connectivity index (χ3v) is 8.09. The number of sulfonamides is 1. The number of hydrogen-bond acceptors (Lipinski definition) is 4. The molecule has 3 aromatic rings. The van der Waals surface area contributed by atoms with Crippen molar-refractivity contribution in [1.29, 1.82) is 0 Å². The van der Waals surface area contributed by atoms with Crippen molar-refractivity contribution >= 4 is 43.5 Å². The lowest BCUT2D eigenvalue weighted by atomic mass is 10.1. The first kappa shape index (κ1) is 29.4. The molecule has 0 aromatic heterocycles. The van der Waals surface area contributed by atoms with Crippen LogP contribution in [0, 0.1) is 6.92 Å². The average molecular weight is 601 g/mol. The SMILES string of the molecule is Cc1cccc(CN(C(=O)CN(c2cccc(Br)c2)S(=O)(=O)c2ccccc2)C(C)C(=O)NC(C)(C)C)c1. The second-order valence-electron chi connectivity index (χ2n) is 10.2. The molecular weight excluding hydrogens is 566 g/mol. The molecule has 1 N–H and O–H groups in total. The van der Waals surface area contributed by atoms with Crippen molar-refractivity contribution in [2.75, 3.05) is 10.8 Å². The number of carbonyl (C=O) groups excluding carboxylic acids is 2. The highest BCUT2D eigenvalue weighted by Crippen LogP contribution is 2.27. The van der Waals surface area contributed by atoms with Crippen LogP contribution in [0.3, 0.4) is 0 Å². The summed E-state index contributed by atoms with van der Waals surface area (Å²) < 4.78 is 29.3. The van der Waals surface area contributed by atoms with Crippen LogP contribution in [0.5, 0.6) is 0 Å². The highest BCUT2D eigenvalue weighted by molar-refractivity contribution is 9.10. The van der Waals surface area contributed by atoms with Gasteiger partial charge in [0, 0.05) is 16.6 Å². The number of rotatable bonds is 9. The standard InChI is InChI=1S/C29H34BrN3O4S/c1-21-11-9-12-23(17-21)19-32(22(2)28(35)31-29(3,4)5)27(34)20-33(25-14-10-13-24(30)18-25)38(36,37)26-15-7-6-8-16-26/h6-18,22H,19-20H2,1-5H3,(H,31,35). The molecule has 0 radical (unpaired) electrons. The summed E-state index contributed by atoms with van der Waals surface area (Å²) in [6.45, 7) is 8.88. The highest BCUT2D eigenvalue weighted by Gasteiger charge is 2.33. The van der Waals surface area contributed by atoms with Gasteiger partial charge in [0.15, 0.2) is 0 Å². The van der Waals surface area contributed by atoms with Crippen molar-refractivity contribution in [2.24, 2.45) is 0 Å². The van der Waals surface area contributed by atoms with Crippen molar-refractivity contribution in [3.8, 4) is 0 Å². The van der Waals surface area contributed by atoms with Crippen LogP contribution in [-0.2, 0) is 26.2 Å². The lowest BCUT2D eigenvalue weighted by molar-refractivity contribution is -0.140. The predicted octanol–water partition coefficient (Wildman–Crippen LogP) is 5.28. The molecule has 0 aliphatic rings. The lowest BCUT2D eigenvalue weighted by Crippen LogP contribution is -2.54. The Hall–Kier alpha value is -3.17. The molecule has 3 rings (SSSR count). The van der Waals surface area contributed by atoms with Crippen LogP contribution in [0.15, 0.2) is 88.2 Å². The predicted molar refractivity (Wildman–Crippen MR) is 154 cm³/mol. The number of aryl methyl sites for hydroxylation is 1. The molecule has 38 heavy (non-hydrogen) atoms. The van der Waals surface area contributed by atoms with Gasteiger partial charge >= 0.3 is 0 Å². The van der Waals surface area contributed by atoms with Gasteiger partial charge in [-0.15, -0.1) is 0 Å². The molecule has 202 valence electrons. The monoisotopic (exact) mass is 599 g/mol. The molecule has 0 aliphatic heterocycles. The molecule has 1 atom stereocenters. The molecule has 9 heteroatoms. The number of carbonyl (C=O) groups is 2. The number of nitrogens with one attached hydrogen (secondary N) is 1. The van der Waals surface area contributed by atoms with Crippen molar-refractivity contribution < 1.29 is 18.0 Å². The van der Waals surface area contributed by atoms with E-state index in [2.05, 4.69) is 21.2 Å². The number of hydrogen-bond donors (Lipinski definition) is 1. The second kappa shape index (κ2) is 12.1. The molecule has 0 fully saturated rings. The number of benzene rings is 3. The average Bonchev–Trinajstić information content (AvgIpc) is 2.84. The van der Waals surface area contributed by atoms with E-state index < -0.39 is 34.1 Å². The topological polar surface area (TPSA) is 86.8 Å². The van der Waals surface area contributed by atoms with Gasteiger partial charge in [0.05, 0.1) is 10.6 Å². The Bertz CT molecular complexity index is 1390. The van der Waals surface area contributed by atoms with Crippen LogP contribution in [0.4, 0.5) is 5.69 Å². The Kier molecular flexibility index (Phi) is 9.38.